The third kappa shape index (κ3) is 2.21. The zero-order valence-corrected chi connectivity index (χ0v) is 11.8. The first-order valence-electron chi connectivity index (χ1n) is 6.83. The molecule has 1 aliphatic rings. The van der Waals surface area contributed by atoms with E-state index in [-0.39, 0.29) is 5.91 Å². The second-order valence-electron chi connectivity index (χ2n) is 5.24. The molecule has 3 rings (SSSR count). The Balaban J connectivity index is 1.91. The van der Waals surface area contributed by atoms with Crippen LogP contribution < -0.4 is 10.2 Å². The number of rotatable bonds is 2. The van der Waals surface area contributed by atoms with Gasteiger partial charge in [-0.25, -0.2) is 0 Å². The molecule has 2 aromatic carbocycles. The maximum absolute atomic E-state index is 12.6. The van der Waals surface area contributed by atoms with Crippen LogP contribution in [0.15, 0.2) is 42.5 Å². The molecule has 0 aromatic heterocycles. The fourth-order valence-corrected chi connectivity index (χ4v) is 2.67. The number of nitrogens with one attached hydrogen (secondary N) is 1. The minimum Gasteiger partial charge on any atom is -0.311 e. The summed E-state index contributed by atoms with van der Waals surface area (Å²) in [5, 5.41) is 3.30. The lowest BCUT2D eigenvalue weighted by molar-refractivity contribution is 0.0993. The van der Waals surface area contributed by atoms with Crippen molar-refractivity contribution in [2.45, 2.75) is 20.0 Å². The van der Waals surface area contributed by atoms with E-state index >= 15 is 0 Å². The van der Waals surface area contributed by atoms with Crippen molar-refractivity contribution in [3.63, 3.8) is 0 Å². The van der Waals surface area contributed by atoms with Crippen LogP contribution in [0.3, 0.4) is 0 Å². The van der Waals surface area contributed by atoms with Gasteiger partial charge < -0.3 is 10.2 Å². The summed E-state index contributed by atoms with van der Waals surface area (Å²) in [6, 6.07) is 13.9. The first-order valence-corrected chi connectivity index (χ1v) is 6.83. The van der Waals surface area contributed by atoms with Crippen molar-refractivity contribution in [3.8, 4) is 0 Å². The third-order valence-corrected chi connectivity index (χ3v) is 3.87. The number of nitrogens with zero attached hydrogens (tertiary/aromatic N) is 1. The number of aryl methyl sites for hydroxylation is 1. The number of para-hydroxylation sites is 1. The molecule has 0 saturated carbocycles. The Morgan fingerprint density at radius 1 is 1.10 bits per heavy atom. The van der Waals surface area contributed by atoms with Gasteiger partial charge in [-0.15, -0.1) is 0 Å². The molecule has 0 bridgehead atoms. The summed E-state index contributed by atoms with van der Waals surface area (Å²) < 4.78 is 0. The number of anilines is 1. The van der Waals surface area contributed by atoms with E-state index in [1.807, 2.05) is 56.4 Å². The Morgan fingerprint density at radius 3 is 2.65 bits per heavy atom. The van der Waals surface area contributed by atoms with Crippen LogP contribution in [-0.4, -0.2) is 13.0 Å². The normalized spacial score (nSPS) is 13.1. The van der Waals surface area contributed by atoms with Crippen molar-refractivity contribution in [1.29, 1.82) is 0 Å². The second kappa shape index (κ2) is 5.10. The molecule has 0 aliphatic carbocycles. The van der Waals surface area contributed by atoms with Gasteiger partial charge in [-0.1, -0.05) is 24.3 Å². The van der Waals surface area contributed by atoms with Gasteiger partial charge in [0.05, 0.1) is 0 Å². The zero-order chi connectivity index (χ0) is 14.1. The number of hydrogen-bond acceptors (Lipinski definition) is 2. The van der Waals surface area contributed by atoms with E-state index in [0.29, 0.717) is 0 Å². The lowest BCUT2D eigenvalue weighted by atomic mass is 10.1. The van der Waals surface area contributed by atoms with Crippen molar-refractivity contribution in [2.24, 2.45) is 0 Å². The topological polar surface area (TPSA) is 32.3 Å². The maximum Gasteiger partial charge on any atom is 0.258 e. The molecule has 1 N–H and O–H groups in total. The van der Waals surface area contributed by atoms with Gasteiger partial charge >= 0.3 is 0 Å². The van der Waals surface area contributed by atoms with E-state index in [4.69, 9.17) is 0 Å². The second-order valence-corrected chi connectivity index (χ2v) is 5.24. The average Bonchev–Trinajstić information content (AvgIpc) is 2.93. The standard InChI is InChI=1S/C17H18N2O/c1-12-5-3-4-6-16(12)19(2)17(20)13-7-8-14-10-18-11-15(14)9-13/h3-9,18H,10-11H2,1-2H3. The molecule has 0 atom stereocenters. The predicted molar refractivity (Wildman–Crippen MR) is 80.9 cm³/mol. The smallest absolute Gasteiger partial charge is 0.258 e. The molecule has 2 aromatic rings. The molecule has 20 heavy (non-hydrogen) atoms. The van der Waals surface area contributed by atoms with Gasteiger partial charge in [0.25, 0.3) is 5.91 Å². The summed E-state index contributed by atoms with van der Waals surface area (Å²) in [5.74, 6) is 0.0361. The third-order valence-electron chi connectivity index (χ3n) is 3.87. The number of carbonyl (C=O) groups excluding carboxylic acids is 1. The van der Waals surface area contributed by atoms with Gasteiger partial charge in [0.15, 0.2) is 0 Å². The van der Waals surface area contributed by atoms with E-state index in [1.165, 1.54) is 11.1 Å². The number of carbonyl (C=O) groups is 1. The van der Waals surface area contributed by atoms with Crippen LogP contribution in [0.2, 0.25) is 0 Å². The number of amides is 1. The summed E-state index contributed by atoms with van der Waals surface area (Å²) in [7, 11) is 1.83. The van der Waals surface area contributed by atoms with Crippen LogP contribution >= 0.6 is 0 Å². The average molecular weight is 266 g/mol. The molecular formula is C17H18N2O. The van der Waals surface area contributed by atoms with Gasteiger partial charge in [0, 0.05) is 31.4 Å². The quantitative estimate of drug-likeness (QED) is 0.906. The summed E-state index contributed by atoms with van der Waals surface area (Å²) in [5.41, 5.74) is 5.33. The molecule has 1 amide bonds. The van der Waals surface area contributed by atoms with Crippen LogP contribution in [0.5, 0.6) is 0 Å². The van der Waals surface area contributed by atoms with Gasteiger partial charge in [-0.05, 0) is 41.8 Å². The minimum absolute atomic E-state index is 0.0361. The Kier molecular flexibility index (Phi) is 3.28. The van der Waals surface area contributed by atoms with Crippen molar-refractivity contribution in [1.82, 2.24) is 5.32 Å². The SMILES string of the molecule is Cc1ccccc1N(C)C(=O)c1ccc2c(c1)CNC2. The first kappa shape index (κ1) is 12.9. The van der Waals surface area contributed by atoms with Crippen LogP contribution in [0.4, 0.5) is 5.69 Å². The first-order chi connectivity index (χ1) is 9.66. The largest absolute Gasteiger partial charge is 0.311 e. The summed E-state index contributed by atoms with van der Waals surface area (Å²) in [6.07, 6.45) is 0. The van der Waals surface area contributed by atoms with Crippen molar-refractivity contribution in [3.05, 3.63) is 64.7 Å². The highest BCUT2D eigenvalue weighted by Gasteiger charge is 2.17. The van der Waals surface area contributed by atoms with Gasteiger partial charge in [-0.2, -0.15) is 0 Å². The highest BCUT2D eigenvalue weighted by Crippen LogP contribution is 2.22. The van der Waals surface area contributed by atoms with E-state index in [0.717, 1.165) is 29.9 Å². The van der Waals surface area contributed by atoms with Gasteiger partial charge in [0.1, 0.15) is 0 Å². The summed E-state index contributed by atoms with van der Waals surface area (Å²) >= 11 is 0. The lowest BCUT2D eigenvalue weighted by Crippen LogP contribution is -2.27. The van der Waals surface area contributed by atoms with Crippen LogP contribution in [0, 0.1) is 6.92 Å². The fraction of sp³-hybridized carbons (Fsp3) is 0.235. The molecular weight excluding hydrogens is 248 g/mol. The Hall–Kier alpha value is -2.13. The molecule has 0 saturated heterocycles. The maximum atomic E-state index is 12.6. The van der Waals surface area contributed by atoms with Crippen LogP contribution in [0.25, 0.3) is 0 Å². The van der Waals surface area contributed by atoms with Crippen LogP contribution in [0.1, 0.15) is 27.0 Å². The molecule has 1 heterocycles. The van der Waals surface area contributed by atoms with Gasteiger partial charge in [0.2, 0.25) is 0 Å². The molecule has 3 heteroatoms. The summed E-state index contributed by atoms with van der Waals surface area (Å²) in [6.45, 7) is 3.77. The number of hydrogen-bond donors (Lipinski definition) is 1. The highest BCUT2D eigenvalue weighted by atomic mass is 16.2. The lowest BCUT2D eigenvalue weighted by Gasteiger charge is -2.19. The Bertz CT molecular complexity index is 664. The zero-order valence-electron chi connectivity index (χ0n) is 11.8. The molecule has 102 valence electrons. The molecule has 0 radical (unpaired) electrons. The minimum atomic E-state index is 0.0361. The van der Waals surface area contributed by atoms with Gasteiger partial charge in [-0.3, -0.25) is 4.79 Å². The molecule has 0 unspecified atom stereocenters. The van der Waals surface area contributed by atoms with Crippen molar-refractivity contribution in [2.75, 3.05) is 11.9 Å². The molecule has 3 nitrogen and oxygen atoms in total. The molecule has 0 spiro atoms. The van der Waals surface area contributed by atoms with Crippen LogP contribution in [-0.2, 0) is 13.1 Å². The van der Waals surface area contributed by atoms with Crippen molar-refractivity contribution < 1.29 is 4.79 Å². The van der Waals surface area contributed by atoms with E-state index < -0.39 is 0 Å². The van der Waals surface area contributed by atoms with E-state index in [9.17, 15) is 4.79 Å². The number of fused-ring (bicyclic) bond motifs is 1. The highest BCUT2D eigenvalue weighted by molar-refractivity contribution is 6.06. The van der Waals surface area contributed by atoms with Crippen molar-refractivity contribution >= 4 is 11.6 Å². The van der Waals surface area contributed by atoms with E-state index in [1.54, 1.807) is 4.90 Å². The molecule has 0 fully saturated rings. The van der Waals surface area contributed by atoms with E-state index in [2.05, 4.69) is 5.32 Å². The predicted octanol–water partition coefficient (Wildman–Crippen LogP) is 2.87. The Labute approximate surface area is 119 Å². The number of benzene rings is 2. The fourth-order valence-electron chi connectivity index (χ4n) is 2.67. The molecule has 1 aliphatic heterocycles. The Morgan fingerprint density at radius 2 is 1.85 bits per heavy atom. The monoisotopic (exact) mass is 266 g/mol. The summed E-state index contributed by atoms with van der Waals surface area (Å²) in [4.78, 5) is 14.3.